The van der Waals surface area contributed by atoms with E-state index in [0.717, 1.165) is 17.3 Å². The van der Waals surface area contributed by atoms with Crippen LogP contribution in [0.4, 0.5) is 5.69 Å². The minimum Gasteiger partial charge on any atom is -0.423 e. The Balaban J connectivity index is 1.39. The summed E-state index contributed by atoms with van der Waals surface area (Å²) in [6, 6.07) is 9.65. The van der Waals surface area contributed by atoms with Crippen LogP contribution in [0.3, 0.4) is 0 Å². The van der Waals surface area contributed by atoms with Crippen molar-refractivity contribution in [1.29, 1.82) is 0 Å². The smallest absolute Gasteiger partial charge is 0.247 e. The summed E-state index contributed by atoms with van der Waals surface area (Å²) < 4.78 is 5.19. The number of anilines is 1. The molecule has 1 N–H and O–H groups in total. The molecule has 0 amide bonds. The van der Waals surface area contributed by atoms with Gasteiger partial charge in [0.05, 0.1) is 0 Å². The molecule has 1 aromatic heterocycles. The first kappa shape index (κ1) is 11.9. The predicted octanol–water partition coefficient (Wildman–Crippen LogP) is 2.39. The second-order valence-corrected chi connectivity index (χ2v) is 5.68. The molecule has 1 aliphatic carbocycles. The van der Waals surface area contributed by atoms with Crippen LogP contribution < -0.4 is 5.32 Å². The van der Waals surface area contributed by atoms with E-state index < -0.39 is 0 Å². The van der Waals surface area contributed by atoms with Gasteiger partial charge in [-0.1, -0.05) is 0 Å². The first-order valence-electron chi connectivity index (χ1n) is 7.26. The highest BCUT2D eigenvalue weighted by Gasteiger charge is 2.34. The molecule has 1 aliphatic heterocycles. The van der Waals surface area contributed by atoms with Gasteiger partial charge in [-0.25, -0.2) is 0 Å². The van der Waals surface area contributed by atoms with Crippen LogP contribution in [0.15, 0.2) is 35.1 Å². The lowest BCUT2D eigenvalue weighted by molar-refractivity contribution is 0.326. The highest BCUT2D eigenvalue weighted by Crippen LogP contribution is 2.30. The van der Waals surface area contributed by atoms with Crippen molar-refractivity contribution in [2.75, 3.05) is 18.4 Å². The molecular weight excluding hydrogens is 252 g/mol. The Morgan fingerprint density at radius 2 is 2.00 bits per heavy atom. The second kappa shape index (κ2) is 4.90. The summed E-state index contributed by atoms with van der Waals surface area (Å²) >= 11 is 0. The fraction of sp³-hybridized carbons (Fsp3) is 0.467. The van der Waals surface area contributed by atoms with Gasteiger partial charge in [-0.15, -0.1) is 10.2 Å². The van der Waals surface area contributed by atoms with E-state index in [9.17, 15) is 0 Å². The zero-order valence-electron chi connectivity index (χ0n) is 11.3. The van der Waals surface area contributed by atoms with E-state index in [1.165, 1.54) is 38.7 Å². The summed E-state index contributed by atoms with van der Waals surface area (Å²) in [6.07, 6.45) is 5.38. The average molecular weight is 270 g/mol. The van der Waals surface area contributed by atoms with Gasteiger partial charge < -0.3 is 9.73 Å². The average Bonchev–Trinajstić information content (AvgIpc) is 3.00. The SMILES string of the molecule is c1nnc(-c2ccc(NC3CCN(C4CC4)C3)cc2)o1. The van der Waals surface area contributed by atoms with Gasteiger partial charge in [-0.2, -0.15) is 0 Å². The van der Waals surface area contributed by atoms with E-state index in [0.29, 0.717) is 11.9 Å². The number of benzene rings is 1. The standard InChI is InChI=1S/C15H18N4O/c1-3-12(4-2-11(1)15-18-16-10-20-15)17-13-7-8-19(9-13)14-5-6-14/h1-4,10,13-14,17H,5-9H2. The molecule has 2 aromatic rings. The molecule has 0 bridgehead atoms. The van der Waals surface area contributed by atoms with E-state index in [-0.39, 0.29) is 0 Å². The van der Waals surface area contributed by atoms with E-state index in [1.807, 2.05) is 12.1 Å². The van der Waals surface area contributed by atoms with Crippen LogP contribution in [0, 0.1) is 0 Å². The van der Waals surface area contributed by atoms with Gasteiger partial charge in [-0.3, -0.25) is 4.90 Å². The number of hydrogen-bond acceptors (Lipinski definition) is 5. The fourth-order valence-corrected chi connectivity index (χ4v) is 2.92. The second-order valence-electron chi connectivity index (χ2n) is 5.68. The molecule has 4 rings (SSSR count). The van der Waals surface area contributed by atoms with Gasteiger partial charge in [0.1, 0.15) is 0 Å². The normalized spacial score (nSPS) is 23.1. The number of nitrogens with zero attached hydrogens (tertiary/aromatic N) is 3. The lowest BCUT2D eigenvalue weighted by atomic mass is 10.2. The zero-order valence-corrected chi connectivity index (χ0v) is 11.3. The number of nitrogens with one attached hydrogen (secondary N) is 1. The molecule has 20 heavy (non-hydrogen) atoms. The van der Waals surface area contributed by atoms with E-state index >= 15 is 0 Å². The lowest BCUT2D eigenvalue weighted by Crippen LogP contribution is -2.27. The van der Waals surface area contributed by atoms with Crippen LogP contribution in [0.5, 0.6) is 0 Å². The monoisotopic (exact) mass is 270 g/mol. The lowest BCUT2D eigenvalue weighted by Gasteiger charge is -2.16. The summed E-state index contributed by atoms with van der Waals surface area (Å²) in [7, 11) is 0. The molecule has 1 saturated heterocycles. The Bertz CT molecular complexity index is 562. The summed E-state index contributed by atoms with van der Waals surface area (Å²) in [5.41, 5.74) is 2.12. The minimum atomic E-state index is 0.567. The van der Waals surface area contributed by atoms with Gasteiger partial charge in [-0.05, 0) is 43.5 Å². The Labute approximate surface area is 118 Å². The van der Waals surface area contributed by atoms with Crippen molar-refractivity contribution in [3.63, 3.8) is 0 Å². The van der Waals surface area contributed by atoms with Gasteiger partial charge in [0.2, 0.25) is 12.3 Å². The third-order valence-corrected chi connectivity index (χ3v) is 4.15. The maximum Gasteiger partial charge on any atom is 0.247 e. The maximum atomic E-state index is 5.19. The minimum absolute atomic E-state index is 0.567. The van der Waals surface area contributed by atoms with Gasteiger partial charge >= 0.3 is 0 Å². The van der Waals surface area contributed by atoms with Crippen molar-refractivity contribution in [2.45, 2.75) is 31.3 Å². The molecule has 0 radical (unpaired) electrons. The van der Waals surface area contributed by atoms with Crippen molar-refractivity contribution in [3.8, 4) is 11.5 Å². The molecule has 2 heterocycles. The van der Waals surface area contributed by atoms with Crippen molar-refractivity contribution < 1.29 is 4.42 Å². The molecule has 5 heteroatoms. The van der Waals surface area contributed by atoms with Crippen molar-refractivity contribution >= 4 is 5.69 Å². The molecule has 1 atom stereocenters. The number of rotatable bonds is 4. The molecule has 2 fully saturated rings. The van der Waals surface area contributed by atoms with Crippen LogP contribution >= 0.6 is 0 Å². The Hall–Kier alpha value is -1.88. The van der Waals surface area contributed by atoms with E-state index in [1.54, 1.807) is 0 Å². The van der Waals surface area contributed by atoms with E-state index in [4.69, 9.17) is 4.42 Å². The molecule has 104 valence electrons. The van der Waals surface area contributed by atoms with Crippen molar-refractivity contribution in [1.82, 2.24) is 15.1 Å². The third kappa shape index (κ3) is 2.41. The number of hydrogen-bond donors (Lipinski definition) is 1. The fourth-order valence-electron chi connectivity index (χ4n) is 2.92. The quantitative estimate of drug-likeness (QED) is 0.924. The van der Waals surface area contributed by atoms with Crippen LogP contribution in [0.25, 0.3) is 11.5 Å². The molecule has 2 aliphatic rings. The summed E-state index contributed by atoms with van der Waals surface area (Å²) in [6.45, 7) is 2.42. The van der Waals surface area contributed by atoms with Crippen molar-refractivity contribution in [2.24, 2.45) is 0 Å². The van der Waals surface area contributed by atoms with E-state index in [2.05, 4.69) is 32.5 Å². The van der Waals surface area contributed by atoms with Crippen LogP contribution in [-0.4, -0.2) is 40.3 Å². The van der Waals surface area contributed by atoms with Gasteiger partial charge in [0.25, 0.3) is 0 Å². The molecular formula is C15H18N4O. The Morgan fingerprint density at radius 3 is 2.70 bits per heavy atom. The van der Waals surface area contributed by atoms with Crippen molar-refractivity contribution in [3.05, 3.63) is 30.7 Å². The molecule has 5 nitrogen and oxygen atoms in total. The molecule has 1 saturated carbocycles. The maximum absolute atomic E-state index is 5.19. The first-order chi connectivity index (χ1) is 9.88. The largest absolute Gasteiger partial charge is 0.423 e. The van der Waals surface area contributed by atoms with Crippen LogP contribution in [0.2, 0.25) is 0 Å². The van der Waals surface area contributed by atoms with Gasteiger partial charge in [0, 0.05) is 36.4 Å². The Kier molecular flexibility index (Phi) is 2.92. The van der Waals surface area contributed by atoms with Crippen LogP contribution in [-0.2, 0) is 0 Å². The molecule has 0 spiro atoms. The molecule has 1 aromatic carbocycles. The molecule has 1 unspecified atom stereocenters. The highest BCUT2D eigenvalue weighted by atomic mass is 16.4. The summed E-state index contributed by atoms with van der Waals surface area (Å²) in [5.74, 6) is 0.567. The number of aromatic nitrogens is 2. The summed E-state index contributed by atoms with van der Waals surface area (Å²) in [4.78, 5) is 2.62. The van der Waals surface area contributed by atoms with Crippen LogP contribution in [0.1, 0.15) is 19.3 Å². The first-order valence-corrected chi connectivity index (χ1v) is 7.26. The summed E-state index contributed by atoms with van der Waals surface area (Å²) in [5, 5.41) is 11.2. The zero-order chi connectivity index (χ0) is 13.4. The highest BCUT2D eigenvalue weighted by molar-refractivity contribution is 5.58. The number of likely N-dealkylation sites (tertiary alicyclic amines) is 1. The predicted molar refractivity (Wildman–Crippen MR) is 76.4 cm³/mol. The van der Waals surface area contributed by atoms with Gasteiger partial charge in [0.15, 0.2) is 0 Å². The topological polar surface area (TPSA) is 54.2 Å². The Morgan fingerprint density at radius 1 is 1.15 bits per heavy atom. The third-order valence-electron chi connectivity index (χ3n) is 4.15.